The van der Waals surface area contributed by atoms with Gasteiger partial charge in [0.25, 0.3) is 0 Å². The molecule has 1 aliphatic heterocycles. The first-order valence-electron chi connectivity index (χ1n) is 10.7. The van der Waals surface area contributed by atoms with Crippen molar-refractivity contribution in [3.05, 3.63) is 54.7 Å². The largest absolute Gasteiger partial charge is 0.497 e. The number of hydrogen-bond acceptors (Lipinski definition) is 5. The number of fused-ring (bicyclic) bond motifs is 1. The van der Waals surface area contributed by atoms with Crippen LogP contribution in [0.3, 0.4) is 0 Å². The third-order valence-corrected chi connectivity index (χ3v) is 5.90. The Bertz CT molecular complexity index is 1210. The van der Waals surface area contributed by atoms with Gasteiger partial charge in [0.2, 0.25) is 5.95 Å². The van der Waals surface area contributed by atoms with E-state index in [1.165, 1.54) is 19.3 Å². The molecule has 0 saturated carbocycles. The van der Waals surface area contributed by atoms with Gasteiger partial charge in [-0.2, -0.15) is 0 Å². The molecule has 1 fully saturated rings. The van der Waals surface area contributed by atoms with Crippen LogP contribution in [0.2, 0.25) is 0 Å². The molecule has 31 heavy (non-hydrogen) atoms. The summed E-state index contributed by atoms with van der Waals surface area (Å²) in [5, 5.41) is 1.15. The number of ether oxygens (including phenoxy) is 2. The molecule has 0 bridgehead atoms. The van der Waals surface area contributed by atoms with Gasteiger partial charge in [0, 0.05) is 41.3 Å². The highest BCUT2D eigenvalue weighted by Gasteiger charge is 2.19. The van der Waals surface area contributed by atoms with E-state index in [0.29, 0.717) is 0 Å². The molecule has 0 amide bonds. The quantitative estimate of drug-likeness (QED) is 0.480. The minimum Gasteiger partial charge on any atom is -0.497 e. The van der Waals surface area contributed by atoms with Gasteiger partial charge in [-0.3, -0.25) is 0 Å². The molecule has 4 aromatic rings. The number of rotatable bonds is 5. The van der Waals surface area contributed by atoms with Gasteiger partial charge in [0.1, 0.15) is 11.5 Å². The monoisotopic (exact) mass is 414 g/mol. The molecule has 1 aliphatic rings. The maximum atomic E-state index is 5.65. The van der Waals surface area contributed by atoms with Crippen LogP contribution in [0.15, 0.2) is 54.7 Å². The van der Waals surface area contributed by atoms with E-state index in [2.05, 4.69) is 28.1 Å². The van der Waals surface area contributed by atoms with E-state index < -0.39 is 0 Å². The zero-order valence-electron chi connectivity index (χ0n) is 17.9. The maximum absolute atomic E-state index is 5.65. The lowest BCUT2D eigenvalue weighted by atomic mass is 10.1. The van der Waals surface area contributed by atoms with Gasteiger partial charge in [-0.05, 0) is 49.6 Å². The minimum absolute atomic E-state index is 0.758. The van der Waals surface area contributed by atoms with Crippen LogP contribution in [0.25, 0.3) is 33.4 Å². The lowest BCUT2D eigenvalue weighted by Crippen LogP contribution is -2.31. The van der Waals surface area contributed by atoms with Crippen LogP contribution in [0.5, 0.6) is 11.5 Å². The van der Waals surface area contributed by atoms with Crippen molar-refractivity contribution in [2.24, 2.45) is 0 Å². The van der Waals surface area contributed by atoms with Crippen molar-refractivity contribution in [3.8, 4) is 34.0 Å². The van der Waals surface area contributed by atoms with E-state index >= 15 is 0 Å². The number of methoxy groups -OCH3 is 2. The second-order valence-corrected chi connectivity index (χ2v) is 7.80. The molecule has 2 aromatic carbocycles. The molecular formula is C25H26N4O2. The highest BCUT2D eigenvalue weighted by molar-refractivity contribution is 5.95. The Morgan fingerprint density at radius 1 is 0.839 bits per heavy atom. The summed E-state index contributed by atoms with van der Waals surface area (Å²) in [4.78, 5) is 15.6. The average molecular weight is 415 g/mol. The van der Waals surface area contributed by atoms with Crippen molar-refractivity contribution in [2.45, 2.75) is 19.3 Å². The molecule has 1 saturated heterocycles. The van der Waals surface area contributed by atoms with Gasteiger partial charge >= 0.3 is 0 Å². The Morgan fingerprint density at radius 2 is 1.61 bits per heavy atom. The number of para-hydroxylation sites is 1. The van der Waals surface area contributed by atoms with Gasteiger partial charge in [-0.15, -0.1) is 0 Å². The molecule has 6 nitrogen and oxygen atoms in total. The van der Waals surface area contributed by atoms with Gasteiger partial charge < -0.3 is 19.4 Å². The number of aromatic nitrogens is 3. The van der Waals surface area contributed by atoms with E-state index in [-0.39, 0.29) is 0 Å². The Balaban J connectivity index is 1.71. The van der Waals surface area contributed by atoms with Crippen LogP contribution in [0.4, 0.5) is 5.95 Å². The fourth-order valence-corrected chi connectivity index (χ4v) is 4.24. The van der Waals surface area contributed by atoms with E-state index in [9.17, 15) is 0 Å². The summed E-state index contributed by atoms with van der Waals surface area (Å²) in [5.74, 6) is 2.29. The van der Waals surface area contributed by atoms with Crippen molar-refractivity contribution in [1.82, 2.24) is 15.0 Å². The summed E-state index contributed by atoms with van der Waals surface area (Å²) in [6, 6.07) is 16.1. The van der Waals surface area contributed by atoms with Gasteiger partial charge in [0.15, 0.2) is 0 Å². The van der Waals surface area contributed by atoms with Crippen molar-refractivity contribution in [2.75, 3.05) is 32.2 Å². The van der Waals surface area contributed by atoms with Crippen molar-refractivity contribution in [1.29, 1.82) is 0 Å². The number of anilines is 1. The highest BCUT2D eigenvalue weighted by atomic mass is 16.5. The summed E-state index contributed by atoms with van der Waals surface area (Å²) in [6.07, 6.45) is 5.62. The number of H-pyrrole nitrogens is 1. The first kappa shape index (κ1) is 19.4. The Kier molecular flexibility index (Phi) is 5.20. The van der Waals surface area contributed by atoms with Crippen LogP contribution in [-0.2, 0) is 0 Å². The van der Waals surface area contributed by atoms with Crippen LogP contribution in [0, 0.1) is 0 Å². The standard InChI is InChI=1S/C25H26N4O2/c1-30-17-10-11-24(31-2)19(14-17)22-15-23(20-16-26-21-9-5-4-8-18(20)21)28-25(27-22)29-12-6-3-7-13-29/h4-5,8-11,14-16,26H,3,6-7,12-13H2,1-2H3. The normalized spacial score (nSPS) is 14.1. The number of nitrogens with one attached hydrogen (secondary N) is 1. The molecule has 2 aromatic heterocycles. The second kappa shape index (κ2) is 8.30. The molecule has 0 atom stereocenters. The lowest BCUT2D eigenvalue weighted by molar-refractivity contribution is 0.404. The first-order valence-corrected chi connectivity index (χ1v) is 10.7. The number of hydrogen-bond donors (Lipinski definition) is 1. The van der Waals surface area contributed by atoms with Crippen LogP contribution >= 0.6 is 0 Å². The fourth-order valence-electron chi connectivity index (χ4n) is 4.24. The number of nitrogens with zero attached hydrogens (tertiary/aromatic N) is 3. The molecule has 1 N–H and O–H groups in total. The topological polar surface area (TPSA) is 63.3 Å². The summed E-state index contributed by atoms with van der Waals surface area (Å²) in [5.41, 5.74) is 4.78. The predicted molar refractivity (Wildman–Crippen MR) is 124 cm³/mol. The summed E-state index contributed by atoms with van der Waals surface area (Å²) < 4.78 is 11.1. The maximum Gasteiger partial charge on any atom is 0.226 e. The third-order valence-electron chi connectivity index (χ3n) is 5.90. The zero-order chi connectivity index (χ0) is 21.2. The molecule has 6 heteroatoms. The Labute approximate surface area is 181 Å². The predicted octanol–water partition coefficient (Wildman–Crippen LogP) is 5.30. The molecule has 3 heterocycles. The first-order chi connectivity index (χ1) is 15.3. The van der Waals surface area contributed by atoms with Crippen molar-refractivity contribution < 1.29 is 9.47 Å². The molecule has 158 valence electrons. The average Bonchev–Trinajstić information content (AvgIpc) is 3.28. The van der Waals surface area contributed by atoms with Crippen LogP contribution in [-0.4, -0.2) is 42.3 Å². The SMILES string of the molecule is COc1ccc(OC)c(-c2cc(-c3c[nH]c4ccccc34)nc(N3CCCCC3)n2)c1. The van der Waals surface area contributed by atoms with E-state index in [1.54, 1.807) is 14.2 Å². The smallest absolute Gasteiger partial charge is 0.226 e. The van der Waals surface area contributed by atoms with Gasteiger partial charge in [-0.25, -0.2) is 9.97 Å². The van der Waals surface area contributed by atoms with E-state index in [0.717, 1.165) is 64.0 Å². The lowest BCUT2D eigenvalue weighted by Gasteiger charge is -2.27. The number of piperidine rings is 1. The van der Waals surface area contributed by atoms with E-state index in [4.69, 9.17) is 19.4 Å². The van der Waals surface area contributed by atoms with Gasteiger partial charge in [-0.1, -0.05) is 18.2 Å². The van der Waals surface area contributed by atoms with Crippen molar-refractivity contribution in [3.63, 3.8) is 0 Å². The molecule has 5 rings (SSSR count). The molecular weight excluding hydrogens is 388 g/mol. The molecule has 0 radical (unpaired) electrons. The minimum atomic E-state index is 0.758. The Hall–Kier alpha value is -3.54. The zero-order valence-corrected chi connectivity index (χ0v) is 17.9. The molecule has 0 spiro atoms. The van der Waals surface area contributed by atoms with E-state index in [1.807, 2.05) is 36.5 Å². The molecule has 0 aliphatic carbocycles. The summed E-state index contributed by atoms with van der Waals surface area (Å²) in [7, 11) is 3.35. The van der Waals surface area contributed by atoms with Crippen LogP contribution in [0.1, 0.15) is 19.3 Å². The fraction of sp³-hybridized carbons (Fsp3) is 0.280. The third kappa shape index (κ3) is 3.69. The number of benzene rings is 2. The van der Waals surface area contributed by atoms with Gasteiger partial charge in [0.05, 0.1) is 25.6 Å². The molecule has 0 unspecified atom stereocenters. The Morgan fingerprint density at radius 3 is 2.39 bits per heavy atom. The second-order valence-electron chi connectivity index (χ2n) is 7.80. The highest BCUT2D eigenvalue weighted by Crippen LogP contribution is 2.36. The summed E-state index contributed by atoms with van der Waals surface area (Å²) in [6.45, 7) is 1.96. The van der Waals surface area contributed by atoms with Crippen molar-refractivity contribution >= 4 is 16.9 Å². The summed E-state index contributed by atoms with van der Waals surface area (Å²) >= 11 is 0. The number of aromatic amines is 1. The van der Waals surface area contributed by atoms with Crippen LogP contribution < -0.4 is 14.4 Å².